The molecule has 25 heavy (non-hydrogen) atoms. The summed E-state index contributed by atoms with van der Waals surface area (Å²) in [4.78, 5) is 25.9. The van der Waals surface area contributed by atoms with Crippen molar-refractivity contribution >= 4 is 11.8 Å². The van der Waals surface area contributed by atoms with E-state index < -0.39 is 6.04 Å². The molecule has 0 aliphatic heterocycles. The second kappa shape index (κ2) is 7.28. The van der Waals surface area contributed by atoms with Crippen LogP contribution in [-0.4, -0.2) is 23.9 Å². The van der Waals surface area contributed by atoms with Gasteiger partial charge < -0.3 is 10.6 Å². The van der Waals surface area contributed by atoms with Crippen LogP contribution in [0.2, 0.25) is 0 Å². The van der Waals surface area contributed by atoms with Gasteiger partial charge in [-0.25, -0.2) is 0 Å². The molecule has 0 aromatic rings. The molecule has 2 amide bonds. The highest BCUT2D eigenvalue weighted by molar-refractivity contribution is 5.90. The van der Waals surface area contributed by atoms with Crippen molar-refractivity contribution in [2.45, 2.75) is 91.1 Å². The van der Waals surface area contributed by atoms with E-state index in [0.29, 0.717) is 0 Å². The number of hydrogen-bond donors (Lipinski definition) is 2. The summed E-state index contributed by atoms with van der Waals surface area (Å²) in [6, 6.07) is -0.255. The lowest BCUT2D eigenvalue weighted by atomic mass is 9.49. The van der Waals surface area contributed by atoms with Crippen LogP contribution in [0.3, 0.4) is 0 Å². The average molecular weight is 349 g/mol. The van der Waals surface area contributed by atoms with Crippen molar-refractivity contribution in [1.29, 1.82) is 0 Å². The van der Waals surface area contributed by atoms with Crippen molar-refractivity contribution in [3.05, 3.63) is 0 Å². The van der Waals surface area contributed by atoms with Crippen molar-refractivity contribution in [2.75, 3.05) is 0 Å². The average Bonchev–Trinajstić information content (AvgIpc) is 2.50. The number of rotatable bonds is 7. The van der Waals surface area contributed by atoms with Crippen LogP contribution in [-0.2, 0) is 9.59 Å². The summed E-state index contributed by atoms with van der Waals surface area (Å²) in [5, 5.41) is 6.26. The minimum atomic E-state index is -0.417. The molecule has 2 unspecified atom stereocenters. The maximum absolute atomic E-state index is 13.2. The molecule has 142 valence electrons. The smallest absolute Gasteiger partial charge is 0.243 e. The lowest BCUT2D eigenvalue weighted by molar-refractivity contribution is -0.149. The SMILES string of the molecule is CCCC(C)NC(=O)C(NC(=O)C12CC3CC(CC(C3)C1)C2)C(C)C. The van der Waals surface area contributed by atoms with Crippen molar-refractivity contribution in [3.63, 3.8) is 0 Å². The van der Waals surface area contributed by atoms with Crippen LogP contribution >= 0.6 is 0 Å². The van der Waals surface area contributed by atoms with Gasteiger partial charge in [-0.2, -0.15) is 0 Å². The third-order valence-corrected chi connectivity index (χ3v) is 6.87. The Bertz CT molecular complexity index is 479. The van der Waals surface area contributed by atoms with Crippen molar-refractivity contribution in [2.24, 2.45) is 29.1 Å². The van der Waals surface area contributed by atoms with Crippen LogP contribution in [0.5, 0.6) is 0 Å². The van der Waals surface area contributed by atoms with Gasteiger partial charge in [0, 0.05) is 11.5 Å². The predicted molar refractivity (Wildman–Crippen MR) is 99.9 cm³/mol. The van der Waals surface area contributed by atoms with E-state index in [4.69, 9.17) is 0 Å². The maximum Gasteiger partial charge on any atom is 0.243 e. The Morgan fingerprint density at radius 3 is 1.92 bits per heavy atom. The minimum Gasteiger partial charge on any atom is -0.352 e. The molecule has 0 spiro atoms. The summed E-state index contributed by atoms with van der Waals surface area (Å²) in [6.45, 7) is 8.21. The Kier molecular flexibility index (Phi) is 5.45. The zero-order valence-corrected chi connectivity index (χ0v) is 16.4. The van der Waals surface area contributed by atoms with Gasteiger partial charge in [0.15, 0.2) is 0 Å². The van der Waals surface area contributed by atoms with Crippen molar-refractivity contribution in [1.82, 2.24) is 10.6 Å². The summed E-state index contributed by atoms with van der Waals surface area (Å²) >= 11 is 0. The third kappa shape index (κ3) is 3.88. The molecular weight excluding hydrogens is 312 g/mol. The minimum absolute atomic E-state index is 0.0194. The largest absolute Gasteiger partial charge is 0.352 e. The molecule has 4 fully saturated rings. The van der Waals surface area contributed by atoms with Gasteiger partial charge in [-0.05, 0) is 75.5 Å². The first-order valence-corrected chi connectivity index (χ1v) is 10.4. The summed E-state index contributed by atoms with van der Waals surface area (Å²) < 4.78 is 0. The van der Waals surface area contributed by atoms with E-state index in [-0.39, 0.29) is 29.2 Å². The number of carbonyl (C=O) groups excluding carboxylic acids is 2. The molecule has 4 aliphatic rings. The van der Waals surface area contributed by atoms with E-state index in [1.54, 1.807) is 0 Å². The summed E-state index contributed by atoms with van der Waals surface area (Å²) in [6.07, 6.45) is 9.14. The molecule has 2 atom stereocenters. The molecule has 0 saturated heterocycles. The van der Waals surface area contributed by atoms with Crippen LogP contribution in [0.15, 0.2) is 0 Å². The number of amides is 2. The molecule has 2 N–H and O–H groups in total. The Morgan fingerprint density at radius 2 is 1.48 bits per heavy atom. The summed E-state index contributed by atoms with van der Waals surface area (Å²) in [5.74, 6) is 2.47. The topological polar surface area (TPSA) is 58.2 Å². The molecule has 4 heteroatoms. The first-order chi connectivity index (χ1) is 11.8. The first-order valence-electron chi connectivity index (χ1n) is 10.4. The van der Waals surface area contributed by atoms with Crippen molar-refractivity contribution in [3.8, 4) is 0 Å². The van der Waals surface area contributed by atoms with E-state index in [1.807, 2.05) is 20.8 Å². The first kappa shape index (κ1) is 18.7. The van der Waals surface area contributed by atoms with Crippen LogP contribution in [0.1, 0.15) is 79.1 Å². The molecule has 4 rings (SSSR count). The molecule has 4 aliphatic carbocycles. The van der Waals surface area contributed by atoms with E-state index in [1.165, 1.54) is 19.3 Å². The lowest BCUT2D eigenvalue weighted by Crippen LogP contribution is -2.59. The number of nitrogens with one attached hydrogen (secondary N) is 2. The molecule has 4 saturated carbocycles. The van der Waals surface area contributed by atoms with Gasteiger partial charge in [0.1, 0.15) is 6.04 Å². The monoisotopic (exact) mass is 348 g/mol. The second-order valence-corrected chi connectivity index (χ2v) is 9.59. The molecule has 0 aromatic heterocycles. The predicted octanol–water partition coefficient (Wildman–Crippen LogP) is 3.65. The second-order valence-electron chi connectivity index (χ2n) is 9.59. The van der Waals surface area contributed by atoms with Crippen LogP contribution in [0.4, 0.5) is 0 Å². The van der Waals surface area contributed by atoms with Crippen LogP contribution in [0, 0.1) is 29.1 Å². The molecule has 0 aromatic carbocycles. The van der Waals surface area contributed by atoms with Crippen molar-refractivity contribution < 1.29 is 9.59 Å². The van der Waals surface area contributed by atoms with Gasteiger partial charge >= 0.3 is 0 Å². The molecular formula is C21H36N2O2. The zero-order chi connectivity index (χ0) is 18.2. The van der Waals surface area contributed by atoms with E-state index in [2.05, 4.69) is 17.6 Å². The molecule has 4 nitrogen and oxygen atoms in total. The van der Waals surface area contributed by atoms with Gasteiger partial charge in [0.25, 0.3) is 0 Å². The third-order valence-electron chi connectivity index (χ3n) is 6.87. The Hall–Kier alpha value is -1.06. The highest BCUT2D eigenvalue weighted by atomic mass is 16.2. The molecule has 4 bridgehead atoms. The molecule has 0 radical (unpaired) electrons. The van der Waals surface area contributed by atoms with Crippen LogP contribution in [0.25, 0.3) is 0 Å². The van der Waals surface area contributed by atoms with Gasteiger partial charge in [-0.1, -0.05) is 27.2 Å². The van der Waals surface area contributed by atoms with E-state index in [9.17, 15) is 9.59 Å². The maximum atomic E-state index is 13.2. The Labute approximate surface area is 152 Å². The van der Waals surface area contributed by atoms with E-state index >= 15 is 0 Å². The van der Waals surface area contributed by atoms with E-state index in [0.717, 1.165) is 49.9 Å². The number of carbonyl (C=O) groups is 2. The van der Waals surface area contributed by atoms with Gasteiger partial charge in [-0.3, -0.25) is 9.59 Å². The highest BCUT2D eigenvalue weighted by Crippen LogP contribution is 2.60. The lowest BCUT2D eigenvalue weighted by Gasteiger charge is -2.55. The van der Waals surface area contributed by atoms with Gasteiger partial charge in [-0.15, -0.1) is 0 Å². The van der Waals surface area contributed by atoms with Crippen LogP contribution < -0.4 is 10.6 Å². The normalized spacial score (nSPS) is 35.5. The standard InChI is InChI=1S/C21H36N2O2/c1-5-6-14(4)22-19(24)18(13(2)3)23-20(25)21-10-15-7-16(11-21)9-17(8-15)12-21/h13-18H,5-12H2,1-4H3,(H,22,24)(H,23,25). The Balaban J connectivity index is 1.66. The van der Waals surface area contributed by atoms with Gasteiger partial charge in [0.2, 0.25) is 11.8 Å². The number of hydrogen-bond acceptors (Lipinski definition) is 2. The fourth-order valence-electron chi connectivity index (χ4n) is 6.06. The zero-order valence-electron chi connectivity index (χ0n) is 16.4. The summed E-state index contributed by atoms with van der Waals surface area (Å²) in [7, 11) is 0. The molecule has 0 heterocycles. The fraction of sp³-hybridized carbons (Fsp3) is 0.905. The Morgan fingerprint density at radius 1 is 0.960 bits per heavy atom. The quantitative estimate of drug-likeness (QED) is 0.738. The highest BCUT2D eigenvalue weighted by Gasteiger charge is 2.55. The van der Waals surface area contributed by atoms with Gasteiger partial charge in [0.05, 0.1) is 0 Å². The fourth-order valence-corrected chi connectivity index (χ4v) is 6.06. The summed E-state index contributed by atoms with van der Waals surface area (Å²) in [5.41, 5.74) is -0.183.